The topological polar surface area (TPSA) is 89.6 Å². The summed E-state index contributed by atoms with van der Waals surface area (Å²) in [6.07, 6.45) is 2.09. The number of primary amides is 1. The molecule has 1 rings (SSSR count). The number of amides is 1. The third-order valence-electron chi connectivity index (χ3n) is 2.51. The molecule has 5 nitrogen and oxygen atoms in total. The largest absolute Gasteiger partial charge is 0.484 e. The molecule has 1 amide bonds. The van der Waals surface area contributed by atoms with Crippen molar-refractivity contribution in [2.75, 3.05) is 6.61 Å². The van der Waals surface area contributed by atoms with Gasteiger partial charge in [-0.2, -0.15) is 0 Å². The summed E-state index contributed by atoms with van der Waals surface area (Å²) in [5.41, 5.74) is 6.21. The summed E-state index contributed by atoms with van der Waals surface area (Å²) >= 11 is 0. The van der Waals surface area contributed by atoms with Crippen LogP contribution in [0.3, 0.4) is 0 Å². The number of carboxylic acids is 1. The van der Waals surface area contributed by atoms with Gasteiger partial charge in [0.05, 0.1) is 0 Å². The zero-order chi connectivity index (χ0) is 15.1. The van der Waals surface area contributed by atoms with Gasteiger partial charge in [0.1, 0.15) is 5.75 Å². The highest BCUT2D eigenvalue weighted by atomic mass is 16.5. The number of ether oxygens (including phenoxy) is 1. The molecular weight excluding hydrogens is 258 g/mol. The Bertz CT molecular complexity index is 503. The Morgan fingerprint density at radius 2 is 1.90 bits per heavy atom. The van der Waals surface area contributed by atoms with Gasteiger partial charge >= 0.3 is 5.97 Å². The van der Waals surface area contributed by atoms with Crippen LogP contribution in [0.15, 0.2) is 35.9 Å². The highest BCUT2D eigenvalue weighted by molar-refractivity contribution is 5.87. The van der Waals surface area contributed by atoms with E-state index in [1.165, 1.54) is 0 Å². The molecule has 0 aliphatic heterocycles. The standard InChI is InChI=1S/C15H19NO4/c1-10(2)7-12(15(18)19)8-11-3-5-13(6-4-11)20-9-14(16)17/h3-7,10H,8-9H2,1-2H3,(H2,16,17)(H,18,19)/b12-7+. The maximum atomic E-state index is 11.1. The predicted octanol–water partition coefficient (Wildman–Crippen LogP) is 1.76. The minimum Gasteiger partial charge on any atom is -0.484 e. The van der Waals surface area contributed by atoms with Crippen LogP contribution in [0.5, 0.6) is 5.75 Å². The predicted molar refractivity (Wildman–Crippen MR) is 75.4 cm³/mol. The van der Waals surface area contributed by atoms with Crippen LogP contribution in [0, 0.1) is 5.92 Å². The number of carbonyl (C=O) groups excluding carboxylic acids is 1. The zero-order valence-electron chi connectivity index (χ0n) is 11.6. The molecular formula is C15H19NO4. The van der Waals surface area contributed by atoms with E-state index >= 15 is 0 Å². The van der Waals surface area contributed by atoms with Gasteiger partial charge in [-0.15, -0.1) is 0 Å². The smallest absolute Gasteiger partial charge is 0.331 e. The van der Waals surface area contributed by atoms with Crippen molar-refractivity contribution in [3.05, 3.63) is 41.5 Å². The molecule has 20 heavy (non-hydrogen) atoms. The second kappa shape index (κ2) is 7.33. The number of benzene rings is 1. The Kier molecular flexibility index (Phi) is 5.77. The highest BCUT2D eigenvalue weighted by Gasteiger charge is 2.09. The quantitative estimate of drug-likeness (QED) is 0.743. The fourth-order valence-electron chi connectivity index (χ4n) is 1.69. The fourth-order valence-corrected chi connectivity index (χ4v) is 1.69. The molecule has 0 radical (unpaired) electrons. The highest BCUT2D eigenvalue weighted by Crippen LogP contribution is 2.16. The van der Waals surface area contributed by atoms with E-state index in [0.717, 1.165) is 5.56 Å². The maximum absolute atomic E-state index is 11.1. The number of aliphatic carboxylic acids is 1. The van der Waals surface area contributed by atoms with E-state index in [1.54, 1.807) is 30.3 Å². The van der Waals surface area contributed by atoms with Crippen LogP contribution in [-0.2, 0) is 16.0 Å². The third kappa shape index (κ3) is 5.56. The van der Waals surface area contributed by atoms with E-state index in [1.807, 2.05) is 13.8 Å². The van der Waals surface area contributed by atoms with Crippen LogP contribution >= 0.6 is 0 Å². The van der Waals surface area contributed by atoms with Crippen molar-refractivity contribution in [2.45, 2.75) is 20.3 Å². The van der Waals surface area contributed by atoms with Crippen molar-refractivity contribution >= 4 is 11.9 Å². The lowest BCUT2D eigenvalue weighted by atomic mass is 10.0. The first-order chi connectivity index (χ1) is 9.38. The van der Waals surface area contributed by atoms with Gasteiger partial charge in [-0.25, -0.2) is 4.79 Å². The van der Waals surface area contributed by atoms with Crippen LogP contribution in [0.25, 0.3) is 0 Å². The van der Waals surface area contributed by atoms with Crippen LogP contribution < -0.4 is 10.5 Å². The monoisotopic (exact) mass is 277 g/mol. The van der Waals surface area contributed by atoms with Gasteiger partial charge in [-0.1, -0.05) is 32.1 Å². The first-order valence-electron chi connectivity index (χ1n) is 6.32. The molecule has 1 aromatic rings. The summed E-state index contributed by atoms with van der Waals surface area (Å²) in [7, 11) is 0. The second-order valence-electron chi connectivity index (χ2n) is 4.82. The van der Waals surface area contributed by atoms with Crippen molar-refractivity contribution < 1.29 is 19.4 Å². The Morgan fingerprint density at radius 3 is 2.35 bits per heavy atom. The van der Waals surface area contributed by atoms with Gasteiger partial charge < -0.3 is 15.6 Å². The van der Waals surface area contributed by atoms with Gasteiger partial charge in [0.25, 0.3) is 5.91 Å². The average Bonchev–Trinajstić information content (AvgIpc) is 2.36. The van der Waals surface area contributed by atoms with E-state index in [0.29, 0.717) is 17.7 Å². The summed E-state index contributed by atoms with van der Waals surface area (Å²) in [6.45, 7) is 3.69. The lowest BCUT2D eigenvalue weighted by molar-refractivity contribution is -0.132. The lowest BCUT2D eigenvalue weighted by Crippen LogP contribution is -2.19. The zero-order valence-corrected chi connectivity index (χ0v) is 11.6. The molecule has 0 saturated carbocycles. The van der Waals surface area contributed by atoms with Gasteiger partial charge in [-0.3, -0.25) is 4.79 Å². The molecule has 0 bridgehead atoms. The van der Waals surface area contributed by atoms with Crippen molar-refractivity contribution in [1.29, 1.82) is 0 Å². The Labute approximate surface area is 118 Å². The molecule has 0 saturated heterocycles. The number of nitrogens with two attached hydrogens (primary N) is 1. The molecule has 108 valence electrons. The molecule has 0 aliphatic carbocycles. The second-order valence-corrected chi connectivity index (χ2v) is 4.82. The minimum atomic E-state index is -0.909. The molecule has 1 aromatic carbocycles. The number of allylic oxidation sites excluding steroid dienone is 1. The van der Waals surface area contributed by atoms with Gasteiger partial charge in [-0.05, 0) is 23.6 Å². The van der Waals surface area contributed by atoms with Crippen LogP contribution in [0.2, 0.25) is 0 Å². The first-order valence-corrected chi connectivity index (χ1v) is 6.32. The van der Waals surface area contributed by atoms with Gasteiger partial charge in [0.15, 0.2) is 6.61 Å². The lowest BCUT2D eigenvalue weighted by Gasteiger charge is -2.07. The summed E-state index contributed by atoms with van der Waals surface area (Å²) in [6, 6.07) is 6.92. The normalized spacial score (nSPS) is 11.4. The molecule has 3 N–H and O–H groups in total. The number of hydrogen-bond acceptors (Lipinski definition) is 3. The van der Waals surface area contributed by atoms with Gasteiger partial charge in [0, 0.05) is 12.0 Å². The third-order valence-corrected chi connectivity index (χ3v) is 2.51. The SMILES string of the molecule is CC(C)/C=C(\Cc1ccc(OCC(N)=O)cc1)C(=O)O. The Balaban J connectivity index is 2.73. The summed E-state index contributed by atoms with van der Waals surface area (Å²) in [5, 5.41) is 9.14. The van der Waals surface area contributed by atoms with Crippen LogP contribution in [0.4, 0.5) is 0 Å². The van der Waals surface area contributed by atoms with E-state index < -0.39 is 11.9 Å². The number of carboxylic acid groups (broad SMARTS) is 1. The molecule has 0 atom stereocenters. The minimum absolute atomic E-state index is 0.174. The first kappa shape index (κ1) is 15.8. The molecule has 0 aliphatic rings. The summed E-state index contributed by atoms with van der Waals surface area (Å²) in [5.74, 6) is -0.744. The molecule has 0 fully saturated rings. The summed E-state index contributed by atoms with van der Waals surface area (Å²) < 4.78 is 5.13. The number of hydrogen-bond donors (Lipinski definition) is 2. The fraction of sp³-hybridized carbons (Fsp3) is 0.333. The summed E-state index contributed by atoms with van der Waals surface area (Å²) in [4.78, 5) is 21.7. The number of rotatable bonds is 7. The van der Waals surface area contributed by atoms with Crippen LogP contribution in [-0.4, -0.2) is 23.6 Å². The molecule has 0 heterocycles. The Hall–Kier alpha value is -2.30. The Morgan fingerprint density at radius 1 is 1.30 bits per heavy atom. The van der Waals surface area contributed by atoms with Crippen LogP contribution in [0.1, 0.15) is 19.4 Å². The van der Waals surface area contributed by atoms with Crippen molar-refractivity contribution in [3.8, 4) is 5.75 Å². The van der Waals surface area contributed by atoms with Crippen molar-refractivity contribution in [1.82, 2.24) is 0 Å². The average molecular weight is 277 g/mol. The number of carbonyl (C=O) groups is 2. The van der Waals surface area contributed by atoms with E-state index in [-0.39, 0.29) is 12.5 Å². The van der Waals surface area contributed by atoms with E-state index in [2.05, 4.69) is 0 Å². The molecule has 5 heteroatoms. The van der Waals surface area contributed by atoms with Crippen molar-refractivity contribution in [3.63, 3.8) is 0 Å². The molecule has 0 unspecified atom stereocenters. The van der Waals surface area contributed by atoms with Gasteiger partial charge in [0.2, 0.25) is 0 Å². The maximum Gasteiger partial charge on any atom is 0.331 e. The molecule has 0 spiro atoms. The van der Waals surface area contributed by atoms with E-state index in [4.69, 9.17) is 15.6 Å². The van der Waals surface area contributed by atoms with Crippen molar-refractivity contribution in [2.24, 2.45) is 11.7 Å². The van der Waals surface area contributed by atoms with E-state index in [9.17, 15) is 9.59 Å². The molecule has 0 aromatic heterocycles.